The summed E-state index contributed by atoms with van der Waals surface area (Å²) in [6, 6.07) is 0. The van der Waals surface area contributed by atoms with Crippen LogP contribution in [0.5, 0.6) is 0 Å². The highest BCUT2D eigenvalue weighted by Gasteiger charge is 2.18. The van der Waals surface area contributed by atoms with E-state index >= 15 is 0 Å². The molecule has 0 bridgehead atoms. The third-order valence-electron chi connectivity index (χ3n) is 3.18. The van der Waals surface area contributed by atoms with Gasteiger partial charge in [0.15, 0.2) is 0 Å². The lowest BCUT2D eigenvalue weighted by atomic mass is 10.1. The van der Waals surface area contributed by atoms with Gasteiger partial charge >= 0.3 is 5.95 Å². The van der Waals surface area contributed by atoms with Gasteiger partial charge in [-0.15, -0.1) is 0 Å². The van der Waals surface area contributed by atoms with Crippen molar-refractivity contribution in [3.05, 3.63) is 22.0 Å². The van der Waals surface area contributed by atoms with Crippen molar-refractivity contribution >= 4 is 5.95 Å². The SMILES string of the molecule is CCCCC(CCC)OCc1cnc([N+](=O)[O-])n1C. The summed E-state index contributed by atoms with van der Waals surface area (Å²) in [5.41, 5.74) is 0.740. The number of ether oxygens (including phenoxy) is 1. The Bertz CT molecular complexity index is 404. The van der Waals surface area contributed by atoms with Gasteiger partial charge in [0, 0.05) is 0 Å². The van der Waals surface area contributed by atoms with Gasteiger partial charge in [-0.2, -0.15) is 0 Å². The van der Waals surface area contributed by atoms with E-state index in [1.54, 1.807) is 7.05 Å². The van der Waals surface area contributed by atoms with Crippen LogP contribution in [0.25, 0.3) is 0 Å². The first kappa shape index (κ1) is 15.6. The van der Waals surface area contributed by atoms with Crippen molar-refractivity contribution in [2.45, 2.75) is 58.7 Å². The molecule has 1 atom stereocenters. The van der Waals surface area contributed by atoms with Crippen molar-refractivity contribution in [2.24, 2.45) is 7.05 Å². The van der Waals surface area contributed by atoms with E-state index in [9.17, 15) is 10.1 Å². The van der Waals surface area contributed by atoms with Crippen LogP contribution in [0, 0.1) is 10.1 Å². The standard InChI is InChI=1S/C13H23N3O3/c1-4-6-8-12(7-5-2)19-10-11-9-14-13(15(11)3)16(17)18/h9,12H,4-8,10H2,1-3H3. The van der Waals surface area contributed by atoms with Gasteiger partial charge < -0.3 is 14.9 Å². The molecule has 0 aromatic carbocycles. The minimum absolute atomic E-state index is 0.140. The summed E-state index contributed by atoms with van der Waals surface area (Å²) in [4.78, 5) is 14.0. The van der Waals surface area contributed by atoms with Crippen molar-refractivity contribution in [2.75, 3.05) is 0 Å². The van der Waals surface area contributed by atoms with Gasteiger partial charge in [0.2, 0.25) is 0 Å². The Kier molecular flexibility index (Phi) is 6.49. The van der Waals surface area contributed by atoms with Crippen molar-refractivity contribution in [1.29, 1.82) is 0 Å². The van der Waals surface area contributed by atoms with E-state index in [1.165, 1.54) is 10.8 Å². The predicted molar refractivity (Wildman–Crippen MR) is 72.9 cm³/mol. The summed E-state index contributed by atoms with van der Waals surface area (Å²) in [6.07, 6.45) is 7.21. The number of nitro groups is 1. The maximum Gasteiger partial charge on any atom is 0.434 e. The molecule has 0 fully saturated rings. The van der Waals surface area contributed by atoms with Crippen LogP contribution in [-0.4, -0.2) is 20.6 Å². The molecule has 0 saturated heterocycles. The summed E-state index contributed by atoms with van der Waals surface area (Å²) >= 11 is 0. The fourth-order valence-electron chi connectivity index (χ4n) is 2.01. The van der Waals surface area contributed by atoms with Crippen molar-refractivity contribution in [3.63, 3.8) is 0 Å². The zero-order valence-electron chi connectivity index (χ0n) is 12.0. The molecule has 1 aromatic heterocycles. The summed E-state index contributed by atoms with van der Waals surface area (Å²) in [7, 11) is 1.64. The van der Waals surface area contributed by atoms with E-state index in [0.29, 0.717) is 6.61 Å². The number of rotatable bonds is 9. The number of hydrogen-bond donors (Lipinski definition) is 0. The van der Waals surface area contributed by atoms with E-state index in [1.807, 2.05) is 0 Å². The Labute approximate surface area is 113 Å². The number of hydrogen-bond acceptors (Lipinski definition) is 4. The fraction of sp³-hybridized carbons (Fsp3) is 0.769. The first-order valence-corrected chi connectivity index (χ1v) is 6.86. The summed E-state index contributed by atoms with van der Waals surface area (Å²) in [6.45, 7) is 4.68. The van der Waals surface area contributed by atoms with Gasteiger partial charge in [0.25, 0.3) is 0 Å². The lowest BCUT2D eigenvalue weighted by molar-refractivity contribution is -0.396. The second-order valence-corrected chi connectivity index (χ2v) is 4.73. The molecule has 19 heavy (non-hydrogen) atoms. The summed E-state index contributed by atoms with van der Waals surface area (Å²) < 4.78 is 7.34. The molecule has 1 aromatic rings. The van der Waals surface area contributed by atoms with Gasteiger partial charge in [-0.25, -0.2) is 4.57 Å². The summed E-state index contributed by atoms with van der Waals surface area (Å²) in [5, 5.41) is 10.7. The number of unbranched alkanes of at least 4 members (excludes halogenated alkanes) is 1. The monoisotopic (exact) mass is 269 g/mol. The van der Waals surface area contributed by atoms with Crippen LogP contribution in [0.1, 0.15) is 51.6 Å². The minimum atomic E-state index is -0.482. The Morgan fingerprint density at radius 2 is 2.16 bits per heavy atom. The lowest BCUT2D eigenvalue weighted by Crippen LogP contribution is -2.14. The molecule has 0 radical (unpaired) electrons. The highest BCUT2D eigenvalue weighted by atomic mass is 16.6. The fourth-order valence-corrected chi connectivity index (χ4v) is 2.01. The summed E-state index contributed by atoms with van der Waals surface area (Å²) in [5.74, 6) is -0.140. The molecular formula is C13H23N3O3. The highest BCUT2D eigenvalue weighted by molar-refractivity contribution is 5.13. The zero-order chi connectivity index (χ0) is 14.3. The van der Waals surface area contributed by atoms with E-state index in [0.717, 1.165) is 37.8 Å². The molecule has 0 saturated carbocycles. The maximum atomic E-state index is 10.7. The topological polar surface area (TPSA) is 70.2 Å². The third-order valence-corrected chi connectivity index (χ3v) is 3.18. The highest BCUT2D eigenvalue weighted by Crippen LogP contribution is 2.16. The molecule has 0 spiro atoms. The lowest BCUT2D eigenvalue weighted by Gasteiger charge is -2.16. The van der Waals surface area contributed by atoms with E-state index in [-0.39, 0.29) is 12.1 Å². The van der Waals surface area contributed by atoms with E-state index in [2.05, 4.69) is 18.8 Å². The van der Waals surface area contributed by atoms with Gasteiger partial charge in [0.05, 0.1) is 13.2 Å². The first-order chi connectivity index (χ1) is 9.10. The molecule has 6 nitrogen and oxygen atoms in total. The van der Waals surface area contributed by atoms with Crippen molar-refractivity contribution in [3.8, 4) is 0 Å². The van der Waals surface area contributed by atoms with Crippen molar-refractivity contribution in [1.82, 2.24) is 9.55 Å². The molecule has 0 N–H and O–H groups in total. The maximum absolute atomic E-state index is 10.7. The Morgan fingerprint density at radius 3 is 2.68 bits per heavy atom. The number of imidazole rings is 1. The average Bonchev–Trinajstić information content (AvgIpc) is 2.74. The van der Waals surface area contributed by atoms with Crippen LogP contribution in [0.3, 0.4) is 0 Å². The van der Waals surface area contributed by atoms with Gasteiger partial charge in [-0.1, -0.05) is 38.1 Å². The molecule has 108 valence electrons. The molecule has 6 heteroatoms. The quantitative estimate of drug-likeness (QED) is 0.510. The van der Waals surface area contributed by atoms with Crippen molar-refractivity contribution < 1.29 is 9.66 Å². The van der Waals surface area contributed by atoms with Crippen LogP contribution >= 0.6 is 0 Å². The molecule has 0 aliphatic rings. The molecule has 1 unspecified atom stereocenters. The first-order valence-electron chi connectivity index (χ1n) is 6.86. The number of aromatic nitrogens is 2. The number of nitrogens with zero attached hydrogens (tertiary/aromatic N) is 3. The predicted octanol–water partition coefficient (Wildman–Crippen LogP) is 3.20. The van der Waals surface area contributed by atoms with Gasteiger partial charge in [-0.05, 0) is 17.8 Å². The second-order valence-electron chi connectivity index (χ2n) is 4.73. The van der Waals surface area contributed by atoms with Crippen LogP contribution in [-0.2, 0) is 18.4 Å². The minimum Gasteiger partial charge on any atom is -0.390 e. The normalized spacial score (nSPS) is 12.6. The largest absolute Gasteiger partial charge is 0.434 e. The Balaban J connectivity index is 2.56. The van der Waals surface area contributed by atoms with Crippen LogP contribution < -0.4 is 0 Å². The third kappa shape index (κ3) is 4.63. The van der Waals surface area contributed by atoms with Crippen LogP contribution in [0.2, 0.25) is 0 Å². The molecule has 0 amide bonds. The Morgan fingerprint density at radius 1 is 1.42 bits per heavy atom. The van der Waals surface area contributed by atoms with Crippen LogP contribution in [0.4, 0.5) is 5.95 Å². The smallest absolute Gasteiger partial charge is 0.390 e. The molecule has 1 heterocycles. The van der Waals surface area contributed by atoms with Gasteiger partial charge in [-0.3, -0.25) is 0 Å². The van der Waals surface area contributed by atoms with E-state index < -0.39 is 4.92 Å². The molecule has 1 rings (SSSR count). The molecule has 0 aliphatic heterocycles. The van der Waals surface area contributed by atoms with Crippen LogP contribution in [0.15, 0.2) is 6.20 Å². The van der Waals surface area contributed by atoms with Gasteiger partial charge in [0.1, 0.15) is 18.5 Å². The zero-order valence-corrected chi connectivity index (χ0v) is 12.0. The molecular weight excluding hydrogens is 246 g/mol. The Hall–Kier alpha value is -1.43. The van der Waals surface area contributed by atoms with E-state index in [4.69, 9.17) is 4.74 Å². The molecule has 0 aliphatic carbocycles. The average molecular weight is 269 g/mol. The second kappa shape index (κ2) is 7.89.